The molecule has 1 saturated heterocycles. The Kier molecular flexibility index (Phi) is 5.05. The highest BCUT2D eigenvalue weighted by Crippen LogP contribution is 2.31. The molecule has 1 fully saturated rings. The smallest absolute Gasteiger partial charge is 0.257 e. The third-order valence-electron chi connectivity index (χ3n) is 5.92. The van der Waals surface area contributed by atoms with Gasteiger partial charge in [0.25, 0.3) is 5.91 Å². The van der Waals surface area contributed by atoms with E-state index in [-0.39, 0.29) is 11.6 Å². The Bertz CT molecular complexity index is 1330. The Labute approximate surface area is 185 Å². The van der Waals surface area contributed by atoms with Crippen LogP contribution in [0.1, 0.15) is 29.4 Å². The molecule has 1 aliphatic heterocycles. The van der Waals surface area contributed by atoms with Gasteiger partial charge in [-0.3, -0.25) is 9.48 Å². The molecule has 1 atom stereocenters. The summed E-state index contributed by atoms with van der Waals surface area (Å²) < 4.78 is 17.7. The van der Waals surface area contributed by atoms with E-state index in [1.54, 1.807) is 34.5 Å². The topological polar surface area (TPSA) is 79.5 Å². The molecule has 9 heteroatoms. The molecule has 32 heavy (non-hydrogen) atoms. The number of likely N-dealkylation sites (N-methyl/N-ethyl adjacent to an activating group) is 1. The quantitative estimate of drug-likeness (QED) is 0.504. The largest absolute Gasteiger partial charge is 0.369 e. The van der Waals surface area contributed by atoms with Gasteiger partial charge >= 0.3 is 0 Å². The lowest BCUT2D eigenvalue weighted by Gasteiger charge is -2.20. The second kappa shape index (κ2) is 7.90. The van der Waals surface area contributed by atoms with Crippen molar-refractivity contribution in [2.45, 2.75) is 26.3 Å². The number of pyridine rings is 1. The predicted molar refractivity (Wildman–Crippen MR) is 123 cm³/mol. The van der Waals surface area contributed by atoms with E-state index in [4.69, 9.17) is 0 Å². The van der Waals surface area contributed by atoms with Gasteiger partial charge in [-0.25, -0.2) is 9.37 Å². The highest BCUT2D eigenvalue weighted by atomic mass is 19.1. The number of carbonyl (C=O) groups is 1. The van der Waals surface area contributed by atoms with Crippen molar-refractivity contribution in [1.82, 2.24) is 24.5 Å². The Morgan fingerprint density at radius 3 is 2.94 bits per heavy atom. The van der Waals surface area contributed by atoms with E-state index in [1.165, 1.54) is 6.07 Å². The SMILES string of the molecule is CCN[C@H]1CCN(c2ccc(C(=O)Nc3cc(F)c4nc(C)cn4c3)c3nn(C)cc23)C1. The van der Waals surface area contributed by atoms with Crippen LogP contribution in [0.3, 0.4) is 0 Å². The van der Waals surface area contributed by atoms with Crippen molar-refractivity contribution in [1.29, 1.82) is 0 Å². The fraction of sp³-hybridized carbons (Fsp3) is 0.348. The number of amides is 1. The van der Waals surface area contributed by atoms with Crippen LogP contribution in [0.2, 0.25) is 0 Å². The fourth-order valence-electron chi connectivity index (χ4n) is 4.55. The van der Waals surface area contributed by atoms with Crippen molar-refractivity contribution in [3.8, 4) is 0 Å². The van der Waals surface area contributed by atoms with Crippen molar-refractivity contribution in [2.24, 2.45) is 7.05 Å². The van der Waals surface area contributed by atoms with E-state index in [0.29, 0.717) is 28.5 Å². The van der Waals surface area contributed by atoms with Crippen molar-refractivity contribution < 1.29 is 9.18 Å². The summed E-state index contributed by atoms with van der Waals surface area (Å²) in [5, 5.41) is 11.8. The normalized spacial score (nSPS) is 16.4. The van der Waals surface area contributed by atoms with Gasteiger partial charge in [-0.05, 0) is 32.0 Å². The van der Waals surface area contributed by atoms with Crippen LogP contribution in [0, 0.1) is 12.7 Å². The molecule has 1 aliphatic rings. The Balaban J connectivity index is 1.46. The molecule has 1 amide bonds. The minimum absolute atomic E-state index is 0.235. The summed E-state index contributed by atoms with van der Waals surface area (Å²) in [6.45, 7) is 6.74. The molecule has 5 rings (SSSR count). The molecule has 0 aliphatic carbocycles. The number of anilines is 2. The number of carbonyl (C=O) groups excluding carboxylic acids is 1. The molecule has 0 spiro atoms. The Hall–Kier alpha value is -3.46. The lowest BCUT2D eigenvalue weighted by Crippen LogP contribution is -2.32. The van der Waals surface area contributed by atoms with Gasteiger partial charge in [0.1, 0.15) is 5.52 Å². The van der Waals surface area contributed by atoms with Crippen molar-refractivity contribution in [3.05, 3.63) is 53.9 Å². The van der Waals surface area contributed by atoms with Crippen molar-refractivity contribution >= 4 is 33.8 Å². The number of hydrogen-bond donors (Lipinski definition) is 2. The summed E-state index contributed by atoms with van der Waals surface area (Å²) in [5.41, 5.74) is 3.46. The summed E-state index contributed by atoms with van der Waals surface area (Å²) >= 11 is 0. The maximum Gasteiger partial charge on any atom is 0.257 e. The molecule has 8 nitrogen and oxygen atoms in total. The van der Waals surface area contributed by atoms with E-state index in [9.17, 15) is 9.18 Å². The van der Waals surface area contributed by atoms with Crippen LogP contribution in [0.15, 0.2) is 36.8 Å². The van der Waals surface area contributed by atoms with Gasteiger partial charge < -0.3 is 19.9 Å². The maximum atomic E-state index is 14.4. The summed E-state index contributed by atoms with van der Waals surface area (Å²) in [6, 6.07) is 5.54. The maximum absolute atomic E-state index is 14.4. The zero-order chi connectivity index (χ0) is 22.4. The van der Waals surface area contributed by atoms with E-state index >= 15 is 0 Å². The minimum Gasteiger partial charge on any atom is -0.369 e. The zero-order valence-electron chi connectivity index (χ0n) is 18.4. The number of nitrogens with zero attached hydrogens (tertiary/aromatic N) is 5. The first kappa shape index (κ1) is 20.4. The van der Waals surface area contributed by atoms with Gasteiger partial charge in [0.05, 0.1) is 16.9 Å². The van der Waals surface area contributed by atoms with Crippen LogP contribution < -0.4 is 15.5 Å². The molecule has 0 bridgehead atoms. The van der Waals surface area contributed by atoms with Gasteiger partial charge in [0.2, 0.25) is 0 Å². The second-order valence-corrected chi connectivity index (χ2v) is 8.33. The molecule has 0 saturated carbocycles. The second-order valence-electron chi connectivity index (χ2n) is 8.33. The van der Waals surface area contributed by atoms with Crippen molar-refractivity contribution in [2.75, 3.05) is 29.9 Å². The van der Waals surface area contributed by atoms with Gasteiger partial charge in [0.15, 0.2) is 11.5 Å². The first-order chi connectivity index (χ1) is 15.4. The number of aryl methyl sites for hydroxylation is 2. The van der Waals surface area contributed by atoms with Gasteiger partial charge in [-0.2, -0.15) is 5.10 Å². The molecular formula is C23H26FN7O. The molecule has 0 unspecified atom stereocenters. The molecule has 0 radical (unpaired) electrons. The van der Waals surface area contributed by atoms with Gasteiger partial charge in [-0.1, -0.05) is 6.92 Å². The van der Waals surface area contributed by atoms with Crippen LogP contribution in [0.25, 0.3) is 16.6 Å². The van der Waals surface area contributed by atoms with Crippen LogP contribution in [0.5, 0.6) is 0 Å². The van der Waals surface area contributed by atoms with Crippen molar-refractivity contribution in [3.63, 3.8) is 0 Å². The Morgan fingerprint density at radius 1 is 1.28 bits per heavy atom. The molecule has 3 aromatic heterocycles. The average Bonchev–Trinajstić information content (AvgIpc) is 3.45. The zero-order valence-corrected chi connectivity index (χ0v) is 18.4. The Morgan fingerprint density at radius 2 is 2.12 bits per heavy atom. The monoisotopic (exact) mass is 435 g/mol. The standard InChI is InChI=1S/C23H26FN7O/c1-4-25-15-7-8-30(11-15)20-6-5-17(21-18(20)13-29(3)28-21)23(32)27-16-9-19(24)22-26-14(2)10-31(22)12-16/h5-6,9-10,12-13,15,25H,4,7-8,11H2,1-3H3,(H,27,32)/t15-/m0/s1. The number of fused-ring (bicyclic) bond motifs is 2. The molecular weight excluding hydrogens is 409 g/mol. The number of rotatable bonds is 5. The van der Waals surface area contributed by atoms with Crippen LogP contribution in [0.4, 0.5) is 15.8 Å². The predicted octanol–water partition coefficient (Wildman–Crippen LogP) is 3.11. The number of aromatic nitrogens is 4. The number of nitrogens with one attached hydrogen (secondary N) is 2. The lowest BCUT2D eigenvalue weighted by molar-refractivity contribution is 0.102. The highest BCUT2D eigenvalue weighted by molar-refractivity contribution is 6.13. The molecule has 4 heterocycles. The van der Waals surface area contributed by atoms with Crippen LogP contribution in [-0.4, -0.2) is 50.7 Å². The summed E-state index contributed by atoms with van der Waals surface area (Å²) in [7, 11) is 1.85. The number of benzene rings is 1. The van der Waals surface area contributed by atoms with Crippen LogP contribution in [-0.2, 0) is 7.05 Å². The number of imidazole rings is 1. The van der Waals surface area contributed by atoms with E-state index < -0.39 is 5.82 Å². The average molecular weight is 436 g/mol. The summed E-state index contributed by atoms with van der Waals surface area (Å²) in [4.78, 5) is 19.6. The summed E-state index contributed by atoms with van der Waals surface area (Å²) in [5.74, 6) is -0.818. The third kappa shape index (κ3) is 3.58. The van der Waals surface area contributed by atoms with E-state index in [2.05, 4.69) is 32.5 Å². The lowest BCUT2D eigenvalue weighted by atomic mass is 10.1. The van der Waals surface area contributed by atoms with Crippen LogP contribution >= 0.6 is 0 Å². The van der Waals surface area contributed by atoms with E-state index in [0.717, 1.165) is 37.1 Å². The number of hydrogen-bond acceptors (Lipinski definition) is 5. The van der Waals surface area contributed by atoms with Gasteiger partial charge in [-0.15, -0.1) is 0 Å². The summed E-state index contributed by atoms with van der Waals surface area (Å²) in [6.07, 6.45) is 6.41. The van der Waals surface area contributed by atoms with E-state index in [1.807, 2.05) is 19.3 Å². The third-order valence-corrected chi connectivity index (χ3v) is 5.92. The first-order valence-corrected chi connectivity index (χ1v) is 10.8. The fourth-order valence-corrected chi connectivity index (χ4v) is 4.55. The number of halogens is 1. The van der Waals surface area contributed by atoms with Gasteiger partial charge in [0, 0.05) is 61.9 Å². The minimum atomic E-state index is -0.487. The molecule has 1 aromatic carbocycles. The first-order valence-electron chi connectivity index (χ1n) is 10.8. The molecule has 166 valence electrons. The highest BCUT2D eigenvalue weighted by Gasteiger charge is 2.25. The molecule has 2 N–H and O–H groups in total. The molecule has 4 aromatic rings.